The number of nitrogens with one attached hydrogen (secondary N) is 1. The summed E-state index contributed by atoms with van der Waals surface area (Å²) in [6.45, 7) is 2.87. The monoisotopic (exact) mass is 569 g/mol. The van der Waals surface area contributed by atoms with Crippen LogP contribution in [0.15, 0.2) is 71.6 Å². The van der Waals surface area contributed by atoms with Crippen molar-refractivity contribution in [3.05, 3.63) is 77.9 Å². The minimum Gasteiger partial charge on any atom is -0.497 e. The zero-order valence-electron chi connectivity index (χ0n) is 23.5. The van der Waals surface area contributed by atoms with Crippen LogP contribution in [0.4, 0.5) is 5.69 Å². The van der Waals surface area contributed by atoms with Crippen LogP contribution in [0.2, 0.25) is 0 Å². The average Bonchev–Trinajstić information content (AvgIpc) is 2.97. The van der Waals surface area contributed by atoms with Crippen LogP contribution in [0.5, 0.6) is 17.2 Å². The highest BCUT2D eigenvalue weighted by molar-refractivity contribution is 7.92. The van der Waals surface area contributed by atoms with Gasteiger partial charge in [-0.1, -0.05) is 29.8 Å². The van der Waals surface area contributed by atoms with E-state index in [1.807, 2.05) is 6.92 Å². The lowest BCUT2D eigenvalue weighted by Crippen LogP contribution is -2.50. The van der Waals surface area contributed by atoms with E-state index in [2.05, 4.69) is 5.32 Å². The lowest BCUT2D eigenvalue weighted by atomic mass is 10.1. The molecule has 3 aromatic carbocycles. The third kappa shape index (κ3) is 6.84. The summed E-state index contributed by atoms with van der Waals surface area (Å²) in [4.78, 5) is 28.0. The summed E-state index contributed by atoms with van der Waals surface area (Å²) >= 11 is 0. The summed E-state index contributed by atoms with van der Waals surface area (Å²) in [5.41, 5.74) is 1.70. The number of aryl methyl sites for hydroxylation is 1. The molecule has 0 spiro atoms. The van der Waals surface area contributed by atoms with Gasteiger partial charge in [0, 0.05) is 19.7 Å². The number of carbonyl (C=O) groups is 2. The molecule has 10 nitrogen and oxygen atoms in total. The molecule has 0 saturated carbocycles. The summed E-state index contributed by atoms with van der Waals surface area (Å²) < 4.78 is 45.2. The Labute approximate surface area is 235 Å². The SMILES string of the molecule is CNC(=O)[C@@H](C)N(Cc1cccc(OC)c1)C(=O)CN(c1cc(OC)ccc1OC)S(=O)(=O)c1ccc(C)cc1. The Kier molecular flexibility index (Phi) is 10.0. The molecule has 0 radical (unpaired) electrons. The number of carbonyl (C=O) groups excluding carboxylic acids is 2. The van der Waals surface area contributed by atoms with Crippen molar-refractivity contribution in [3.63, 3.8) is 0 Å². The van der Waals surface area contributed by atoms with Crippen molar-refractivity contribution in [3.8, 4) is 17.2 Å². The normalized spacial score (nSPS) is 11.8. The van der Waals surface area contributed by atoms with Crippen LogP contribution in [-0.2, 0) is 26.2 Å². The Hall–Kier alpha value is -4.25. The van der Waals surface area contributed by atoms with Crippen LogP contribution in [0.1, 0.15) is 18.1 Å². The number of nitrogens with zero attached hydrogens (tertiary/aromatic N) is 2. The van der Waals surface area contributed by atoms with Crippen LogP contribution >= 0.6 is 0 Å². The minimum atomic E-state index is -4.26. The van der Waals surface area contributed by atoms with Gasteiger partial charge in [-0.05, 0) is 55.8 Å². The van der Waals surface area contributed by atoms with Gasteiger partial charge in [-0.25, -0.2) is 8.42 Å². The highest BCUT2D eigenvalue weighted by atomic mass is 32.2. The Morgan fingerprint density at radius 3 is 2.15 bits per heavy atom. The number of amides is 2. The molecule has 40 heavy (non-hydrogen) atoms. The fourth-order valence-corrected chi connectivity index (χ4v) is 5.52. The lowest BCUT2D eigenvalue weighted by molar-refractivity contribution is -0.139. The molecule has 1 N–H and O–H groups in total. The number of benzene rings is 3. The topological polar surface area (TPSA) is 114 Å². The van der Waals surface area contributed by atoms with Gasteiger partial charge in [0.25, 0.3) is 10.0 Å². The maximum absolute atomic E-state index is 14.0. The molecule has 0 aromatic heterocycles. The molecule has 214 valence electrons. The van der Waals surface area contributed by atoms with Gasteiger partial charge in [0.2, 0.25) is 11.8 Å². The zero-order valence-corrected chi connectivity index (χ0v) is 24.3. The molecule has 11 heteroatoms. The number of hydrogen-bond acceptors (Lipinski definition) is 7. The molecular weight excluding hydrogens is 534 g/mol. The van der Waals surface area contributed by atoms with Crippen molar-refractivity contribution in [2.24, 2.45) is 0 Å². The summed E-state index contributed by atoms with van der Waals surface area (Å²) in [6, 6.07) is 17.2. The Balaban J connectivity index is 2.13. The van der Waals surface area contributed by atoms with Crippen LogP contribution in [0, 0.1) is 6.92 Å². The molecule has 1 atom stereocenters. The Morgan fingerprint density at radius 2 is 1.55 bits per heavy atom. The number of ether oxygens (including phenoxy) is 3. The third-order valence-corrected chi connectivity index (χ3v) is 8.22. The predicted molar refractivity (Wildman–Crippen MR) is 152 cm³/mol. The summed E-state index contributed by atoms with van der Waals surface area (Å²) in [5, 5.41) is 2.56. The van der Waals surface area contributed by atoms with Gasteiger partial charge in [0.05, 0.1) is 31.9 Å². The van der Waals surface area contributed by atoms with Crippen molar-refractivity contribution < 1.29 is 32.2 Å². The highest BCUT2D eigenvalue weighted by Gasteiger charge is 2.34. The van der Waals surface area contributed by atoms with Crippen molar-refractivity contribution in [1.29, 1.82) is 0 Å². The minimum absolute atomic E-state index is 0.00512. The first-order chi connectivity index (χ1) is 19.0. The molecule has 0 heterocycles. The van der Waals surface area contributed by atoms with Gasteiger partial charge in [0.15, 0.2) is 0 Å². The molecule has 0 bridgehead atoms. The average molecular weight is 570 g/mol. The summed E-state index contributed by atoms with van der Waals surface area (Å²) in [7, 11) is 1.61. The Morgan fingerprint density at radius 1 is 0.900 bits per heavy atom. The van der Waals surface area contributed by atoms with E-state index in [4.69, 9.17) is 14.2 Å². The van der Waals surface area contributed by atoms with Gasteiger partial charge in [-0.3, -0.25) is 13.9 Å². The number of anilines is 1. The van der Waals surface area contributed by atoms with Crippen molar-refractivity contribution >= 4 is 27.5 Å². The van der Waals surface area contributed by atoms with E-state index >= 15 is 0 Å². The second-order valence-corrected chi connectivity index (χ2v) is 10.9. The quantitative estimate of drug-likeness (QED) is 0.356. The zero-order chi connectivity index (χ0) is 29.4. The van der Waals surface area contributed by atoms with E-state index < -0.39 is 34.4 Å². The Bertz CT molecular complexity index is 1440. The third-order valence-electron chi connectivity index (χ3n) is 6.44. The highest BCUT2D eigenvalue weighted by Crippen LogP contribution is 2.36. The molecule has 3 aromatic rings. The van der Waals surface area contributed by atoms with Gasteiger partial charge in [-0.2, -0.15) is 0 Å². The van der Waals surface area contributed by atoms with E-state index in [0.29, 0.717) is 17.1 Å². The molecule has 0 fully saturated rings. The maximum Gasteiger partial charge on any atom is 0.264 e. The van der Waals surface area contributed by atoms with Crippen molar-refractivity contribution in [2.45, 2.75) is 31.3 Å². The van der Waals surface area contributed by atoms with Crippen LogP contribution < -0.4 is 23.8 Å². The predicted octanol–water partition coefficient (Wildman–Crippen LogP) is 3.38. The first-order valence-corrected chi connectivity index (χ1v) is 13.9. The van der Waals surface area contributed by atoms with Gasteiger partial charge >= 0.3 is 0 Å². The molecule has 0 saturated heterocycles. The smallest absolute Gasteiger partial charge is 0.264 e. The molecule has 0 aliphatic heterocycles. The first-order valence-electron chi connectivity index (χ1n) is 12.5. The van der Waals surface area contributed by atoms with Gasteiger partial charge in [-0.15, -0.1) is 0 Å². The molecule has 0 unspecified atom stereocenters. The van der Waals surface area contributed by atoms with Crippen molar-refractivity contribution in [1.82, 2.24) is 10.2 Å². The number of rotatable bonds is 12. The number of methoxy groups -OCH3 is 3. The van der Waals surface area contributed by atoms with E-state index in [9.17, 15) is 18.0 Å². The first kappa shape index (κ1) is 30.3. The van der Waals surface area contributed by atoms with Crippen LogP contribution in [0.3, 0.4) is 0 Å². The lowest BCUT2D eigenvalue weighted by Gasteiger charge is -2.32. The largest absolute Gasteiger partial charge is 0.497 e. The molecule has 3 rings (SSSR count). The van der Waals surface area contributed by atoms with Gasteiger partial charge in [0.1, 0.15) is 29.8 Å². The number of likely N-dealkylation sites (N-methyl/N-ethyl adjacent to an activating group) is 1. The van der Waals surface area contributed by atoms with E-state index in [-0.39, 0.29) is 22.9 Å². The molecule has 2 amide bonds. The molecule has 0 aliphatic carbocycles. The van der Waals surface area contributed by atoms with E-state index in [1.54, 1.807) is 55.5 Å². The summed E-state index contributed by atoms with van der Waals surface area (Å²) in [5.74, 6) is 0.187. The number of hydrogen-bond donors (Lipinski definition) is 1. The second-order valence-electron chi connectivity index (χ2n) is 9.03. The second kappa shape index (κ2) is 13.2. The fraction of sp³-hybridized carbons (Fsp3) is 0.310. The fourth-order valence-electron chi connectivity index (χ4n) is 4.10. The van der Waals surface area contributed by atoms with E-state index in [0.717, 1.165) is 9.87 Å². The number of sulfonamides is 1. The van der Waals surface area contributed by atoms with Crippen LogP contribution in [-0.4, -0.2) is 66.1 Å². The van der Waals surface area contributed by atoms with E-state index in [1.165, 1.54) is 51.5 Å². The molecular formula is C29H35N3O7S. The van der Waals surface area contributed by atoms with Gasteiger partial charge < -0.3 is 24.4 Å². The maximum atomic E-state index is 14.0. The van der Waals surface area contributed by atoms with Crippen LogP contribution in [0.25, 0.3) is 0 Å². The van der Waals surface area contributed by atoms with Crippen molar-refractivity contribution in [2.75, 3.05) is 39.2 Å². The summed E-state index contributed by atoms with van der Waals surface area (Å²) in [6.07, 6.45) is 0. The standard InChI is InChI=1S/C29H35N3O7S/c1-20-10-13-25(14-11-20)40(35,36)32(26-17-24(38-5)12-15-27(26)39-6)19-28(33)31(21(2)29(34)30-3)18-22-8-7-9-23(16-22)37-4/h7-17,21H,18-19H2,1-6H3,(H,30,34)/t21-/m1/s1. The molecule has 0 aliphatic rings.